The Morgan fingerprint density at radius 1 is 1.00 bits per heavy atom. The molecule has 28 heavy (non-hydrogen) atoms. The predicted octanol–water partition coefficient (Wildman–Crippen LogP) is 4.76. The van der Waals surface area contributed by atoms with E-state index in [-0.39, 0.29) is 29.7 Å². The molecule has 0 aliphatic carbocycles. The van der Waals surface area contributed by atoms with Crippen molar-refractivity contribution in [2.75, 3.05) is 12.4 Å². The lowest BCUT2D eigenvalue weighted by atomic mass is 9.88. The van der Waals surface area contributed by atoms with Crippen molar-refractivity contribution in [3.8, 4) is 5.75 Å². The highest BCUT2D eigenvalue weighted by Gasteiger charge is 2.20. The third-order valence-electron chi connectivity index (χ3n) is 4.46. The number of amides is 1. The van der Waals surface area contributed by atoms with Crippen LogP contribution in [0.25, 0.3) is 0 Å². The summed E-state index contributed by atoms with van der Waals surface area (Å²) in [6.07, 6.45) is 0.230. The highest BCUT2D eigenvalue weighted by molar-refractivity contribution is 5.93. The molecule has 1 N–H and O–H groups in total. The standard InChI is InChI=1S/C22H20N2O4/c1-28-21-14-18(24(26)27)12-13-20(21)23-22(25)15-19(16-8-4-2-5-9-16)17-10-6-3-7-11-17/h2-14,19H,15H2,1H3,(H,23,25). The van der Waals surface area contributed by atoms with Crippen molar-refractivity contribution in [1.82, 2.24) is 0 Å². The molecule has 3 rings (SSSR count). The average Bonchev–Trinajstić information content (AvgIpc) is 2.73. The van der Waals surface area contributed by atoms with Crippen molar-refractivity contribution in [2.45, 2.75) is 12.3 Å². The van der Waals surface area contributed by atoms with Crippen molar-refractivity contribution in [1.29, 1.82) is 0 Å². The number of carbonyl (C=O) groups is 1. The second-order valence-electron chi connectivity index (χ2n) is 6.27. The molecular weight excluding hydrogens is 356 g/mol. The summed E-state index contributed by atoms with van der Waals surface area (Å²) in [5.74, 6) is -0.0603. The van der Waals surface area contributed by atoms with Crippen LogP contribution in [0.3, 0.4) is 0 Å². The van der Waals surface area contributed by atoms with Crippen LogP contribution in [-0.2, 0) is 4.79 Å². The van der Waals surface area contributed by atoms with E-state index >= 15 is 0 Å². The van der Waals surface area contributed by atoms with Gasteiger partial charge in [-0.05, 0) is 17.2 Å². The van der Waals surface area contributed by atoms with Gasteiger partial charge in [0.2, 0.25) is 5.91 Å². The van der Waals surface area contributed by atoms with Crippen molar-refractivity contribution >= 4 is 17.3 Å². The number of ether oxygens (including phenoxy) is 1. The molecule has 0 unspecified atom stereocenters. The molecule has 0 aromatic heterocycles. The fraction of sp³-hybridized carbons (Fsp3) is 0.136. The minimum absolute atomic E-state index is 0.0960. The van der Waals surface area contributed by atoms with E-state index in [0.717, 1.165) is 11.1 Å². The number of nitro groups is 1. The van der Waals surface area contributed by atoms with Crippen LogP contribution in [0, 0.1) is 10.1 Å². The summed E-state index contributed by atoms with van der Waals surface area (Å²) in [5.41, 5.74) is 2.39. The summed E-state index contributed by atoms with van der Waals surface area (Å²) < 4.78 is 5.19. The van der Waals surface area contributed by atoms with Gasteiger partial charge in [0.15, 0.2) is 0 Å². The number of non-ortho nitro benzene ring substituents is 1. The number of hydrogen-bond donors (Lipinski definition) is 1. The highest BCUT2D eigenvalue weighted by atomic mass is 16.6. The molecule has 0 atom stereocenters. The van der Waals surface area contributed by atoms with Crippen molar-refractivity contribution < 1.29 is 14.5 Å². The maximum atomic E-state index is 12.8. The molecule has 0 saturated carbocycles. The van der Waals surface area contributed by atoms with E-state index in [1.54, 1.807) is 0 Å². The molecule has 1 amide bonds. The lowest BCUT2D eigenvalue weighted by molar-refractivity contribution is -0.384. The van der Waals surface area contributed by atoms with E-state index in [1.807, 2.05) is 60.7 Å². The van der Waals surface area contributed by atoms with E-state index in [2.05, 4.69) is 5.32 Å². The SMILES string of the molecule is COc1cc([N+](=O)[O-])ccc1NC(=O)CC(c1ccccc1)c1ccccc1. The fourth-order valence-electron chi connectivity index (χ4n) is 3.08. The number of hydrogen-bond acceptors (Lipinski definition) is 4. The maximum Gasteiger partial charge on any atom is 0.273 e. The van der Waals surface area contributed by atoms with Gasteiger partial charge in [-0.15, -0.1) is 0 Å². The highest BCUT2D eigenvalue weighted by Crippen LogP contribution is 2.31. The van der Waals surface area contributed by atoms with Crippen LogP contribution in [0.4, 0.5) is 11.4 Å². The molecule has 142 valence electrons. The van der Waals surface area contributed by atoms with Crippen molar-refractivity contribution in [3.63, 3.8) is 0 Å². The first-order valence-electron chi connectivity index (χ1n) is 8.80. The summed E-state index contributed by atoms with van der Waals surface area (Å²) in [6, 6.07) is 23.8. The zero-order chi connectivity index (χ0) is 19.9. The van der Waals surface area contributed by atoms with Gasteiger partial charge in [-0.2, -0.15) is 0 Å². The number of methoxy groups -OCH3 is 1. The Balaban J connectivity index is 1.82. The van der Waals surface area contributed by atoms with E-state index < -0.39 is 4.92 Å². The number of carbonyl (C=O) groups excluding carboxylic acids is 1. The van der Waals surface area contributed by atoms with Crippen molar-refractivity contribution in [2.24, 2.45) is 0 Å². The normalized spacial score (nSPS) is 10.5. The Morgan fingerprint density at radius 2 is 1.57 bits per heavy atom. The van der Waals surface area contributed by atoms with Gasteiger partial charge in [0.05, 0.1) is 23.8 Å². The Bertz CT molecular complexity index is 919. The van der Waals surface area contributed by atoms with Crippen LogP contribution in [-0.4, -0.2) is 17.9 Å². The van der Waals surface area contributed by atoms with Gasteiger partial charge in [-0.25, -0.2) is 0 Å². The fourth-order valence-corrected chi connectivity index (χ4v) is 3.08. The number of nitro benzene ring substituents is 1. The first-order valence-corrected chi connectivity index (χ1v) is 8.80. The van der Waals surface area contributed by atoms with Gasteiger partial charge in [0.1, 0.15) is 5.75 Å². The van der Waals surface area contributed by atoms with Crippen LogP contribution in [0.1, 0.15) is 23.5 Å². The second kappa shape index (κ2) is 8.81. The third kappa shape index (κ3) is 4.54. The molecule has 3 aromatic rings. The zero-order valence-electron chi connectivity index (χ0n) is 15.4. The topological polar surface area (TPSA) is 81.5 Å². The van der Waals surface area contributed by atoms with Crippen LogP contribution in [0.5, 0.6) is 5.75 Å². The largest absolute Gasteiger partial charge is 0.494 e. The number of anilines is 1. The smallest absolute Gasteiger partial charge is 0.273 e. The van der Waals surface area contributed by atoms with Gasteiger partial charge in [0.25, 0.3) is 5.69 Å². The molecule has 0 spiro atoms. The van der Waals surface area contributed by atoms with Gasteiger partial charge >= 0.3 is 0 Å². The predicted molar refractivity (Wildman–Crippen MR) is 108 cm³/mol. The van der Waals surface area contributed by atoms with Crippen molar-refractivity contribution in [3.05, 3.63) is 100 Å². The monoisotopic (exact) mass is 376 g/mol. The number of benzene rings is 3. The lowest BCUT2D eigenvalue weighted by Crippen LogP contribution is -2.17. The quantitative estimate of drug-likeness (QED) is 0.476. The minimum atomic E-state index is -0.505. The molecule has 0 aliphatic heterocycles. The van der Waals surface area contributed by atoms with E-state index in [9.17, 15) is 14.9 Å². The molecule has 3 aromatic carbocycles. The summed E-state index contributed by atoms with van der Waals surface area (Å²) in [6.45, 7) is 0. The van der Waals surface area contributed by atoms with Crippen LogP contribution in [0.2, 0.25) is 0 Å². The summed E-state index contributed by atoms with van der Waals surface area (Å²) >= 11 is 0. The molecule has 0 bridgehead atoms. The molecule has 0 aliphatic rings. The number of rotatable bonds is 7. The molecule has 6 nitrogen and oxygen atoms in total. The summed E-state index contributed by atoms with van der Waals surface area (Å²) in [7, 11) is 1.41. The summed E-state index contributed by atoms with van der Waals surface area (Å²) in [4.78, 5) is 23.2. The Labute approximate surface area is 162 Å². The average molecular weight is 376 g/mol. The molecule has 0 heterocycles. The number of nitrogens with zero attached hydrogens (tertiary/aromatic N) is 1. The van der Waals surface area contributed by atoms with Gasteiger partial charge in [0, 0.05) is 18.4 Å². The molecular formula is C22H20N2O4. The molecule has 0 fully saturated rings. The molecule has 0 radical (unpaired) electrons. The van der Waals surface area contributed by atoms with E-state index in [1.165, 1.54) is 25.3 Å². The Kier molecular flexibility index (Phi) is 6.01. The maximum absolute atomic E-state index is 12.8. The van der Waals surface area contributed by atoms with Crippen LogP contribution < -0.4 is 10.1 Å². The minimum Gasteiger partial charge on any atom is -0.494 e. The Hall–Kier alpha value is -3.67. The van der Waals surface area contributed by atoms with Crippen LogP contribution >= 0.6 is 0 Å². The summed E-state index contributed by atoms with van der Waals surface area (Å²) in [5, 5.41) is 13.7. The molecule has 6 heteroatoms. The van der Waals surface area contributed by atoms with Gasteiger partial charge in [-0.3, -0.25) is 14.9 Å². The second-order valence-corrected chi connectivity index (χ2v) is 6.27. The lowest BCUT2D eigenvalue weighted by Gasteiger charge is -2.18. The van der Waals surface area contributed by atoms with E-state index in [4.69, 9.17) is 4.74 Å². The first-order chi connectivity index (χ1) is 13.6. The number of nitrogens with one attached hydrogen (secondary N) is 1. The zero-order valence-corrected chi connectivity index (χ0v) is 15.4. The first kappa shape index (κ1) is 19.1. The van der Waals surface area contributed by atoms with Gasteiger partial charge in [-0.1, -0.05) is 60.7 Å². The third-order valence-corrected chi connectivity index (χ3v) is 4.46. The van der Waals surface area contributed by atoms with Crippen LogP contribution in [0.15, 0.2) is 78.9 Å². The molecule has 0 saturated heterocycles. The van der Waals surface area contributed by atoms with Gasteiger partial charge < -0.3 is 10.1 Å². The Morgan fingerprint density at radius 3 is 2.07 bits per heavy atom. The van der Waals surface area contributed by atoms with E-state index in [0.29, 0.717) is 5.69 Å².